The third-order valence-electron chi connectivity index (χ3n) is 3.17. The van der Waals surface area contributed by atoms with Crippen LogP contribution >= 0.6 is 0 Å². The number of sulfonamides is 1. The minimum absolute atomic E-state index is 0.461. The van der Waals surface area contributed by atoms with Crippen molar-refractivity contribution in [2.45, 2.75) is 17.1 Å². The number of hydrogen-bond acceptors (Lipinski definition) is 3. The third kappa shape index (κ3) is 4.01. The molecule has 0 aliphatic rings. The first kappa shape index (κ1) is 18.1. The highest BCUT2D eigenvalue weighted by Gasteiger charge is 2.43. The molecule has 130 valence electrons. The Kier molecular flexibility index (Phi) is 4.81. The fourth-order valence-corrected chi connectivity index (χ4v) is 3.19. The molecule has 0 bridgehead atoms. The van der Waals surface area contributed by atoms with Crippen molar-refractivity contribution in [3.8, 4) is 0 Å². The number of nitrogens with one attached hydrogen (secondary N) is 1. The number of rotatable bonds is 4. The quantitative estimate of drug-likeness (QED) is 0.845. The summed E-state index contributed by atoms with van der Waals surface area (Å²) in [5, 5.41) is 0. The summed E-state index contributed by atoms with van der Waals surface area (Å²) in [6.45, 7) is 0. The first-order valence-electron chi connectivity index (χ1n) is 6.52. The zero-order chi connectivity index (χ0) is 18.1. The van der Waals surface area contributed by atoms with Gasteiger partial charge in [0.15, 0.2) is 0 Å². The lowest BCUT2D eigenvalue weighted by molar-refractivity contribution is -0.153. The number of pyridine rings is 1. The van der Waals surface area contributed by atoms with Gasteiger partial charge in [-0.1, -0.05) is 12.1 Å². The Labute approximate surface area is 134 Å². The van der Waals surface area contributed by atoms with Crippen LogP contribution in [0.15, 0.2) is 52.3 Å². The van der Waals surface area contributed by atoms with Gasteiger partial charge in [0, 0.05) is 19.3 Å². The van der Waals surface area contributed by atoms with Gasteiger partial charge in [0.2, 0.25) is 15.6 Å². The van der Waals surface area contributed by atoms with E-state index in [9.17, 15) is 30.8 Å². The van der Waals surface area contributed by atoms with E-state index in [-0.39, 0.29) is 0 Å². The summed E-state index contributed by atoms with van der Waals surface area (Å²) in [4.78, 5) is 10.8. The zero-order valence-electron chi connectivity index (χ0n) is 12.2. The van der Waals surface area contributed by atoms with Crippen LogP contribution in [0.1, 0.15) is 11.6 Å². The van der Waals surface area contributed by atoms with E-state index in [0.29, 0.717) is 0 Å². The monoisotopic (exact) mass is 364 g/mol. The molecule has 0 aliphatic heterocycles. The molecule has 5 nitrogen and oxygen atoms in total. The molecule has 1 heterocycles. The van der Waals surface area contributed by atoms with Crippen molar-refractivity contribution >= 4 is 10.0 Å². The van der Waals surface area contributed by atoms with E-state index in [4.69, 9.17) is 0 Å². The van der Waals surface area contributed by atoms with E-state index in [1.54, 1.807) is 4.72 Å². The Morgan fingerprint density at radius 3 is 2.17 bits per heavy atom. The van der Waals surface area contributed by atoms with Crippen molar-refractivity contribution in [3.05, 3.63) is 64.3 Å². The van der Waals surface area contributed by atoms with Gasteiger partial charge in [-0.25, -0.2) is 12.8 Å². The summed E-state index contributed by atoms with van der Waals surface area (Å²) < 4.78 is 79.4. The molecule has 1 unspecified atom stereocenters. The van der Waals surface area contributed by atoms with E-state index in [2.05, 4.69) is 0 Å². The summed E-state index contributed by atoms with van der Waals surface area (Å²) in [5.74, 6) is -0.749. The molecule has 1 aromatic heterocycles. The fourth-order valence-electron chi connectivity index (χ4n) is 1.93. The lowest BCUT2D eigenvalue weighted by atomic mass is 10.1. The van der Waals surface area contributed by atoms with Crippen molar-refractivity contribution in [1.82, 2.24) is 9.29 Å². The maximum Gasteiger partial charge on any atom is 0.408 e. The Bertz CT molecular complexity index is 889. The molecule has 0 saturated carbocycles. The van der Waals surface area contributed by atoms with Crippen molar-refractivity contribution in [2.24, 2.45) is 7.05 Å². The van der Waals surface area contributed by atoms with Gasteiger partial charge in [-0.2, -0.15) is 17.9 Å². The van der Waals surface area contributed by atoms with Crippen molar-refractivity contribution in [3.63, 3.8) is 0 Å². The number of nitrogens with zero attached hydrogens (tertiary/aromatic N) is 1. The van der Waals surface area contributed by atoms with Crippen molar-refractivity contribution in [2.75, 3.05) is 0 Å². The van der Waals surface area contributed by atoms with Crippen molar-refractivity contribution < 1.29 is 26.0 Å². The van der Waals surface area contributed by atoms with E-state index in [1.807, 2.05) is 0 Å². The number of aromatic nitrogens is 1. The van der Waals surface area contributed by atoms with E-state index >= 15 is 0 Å². The summed E-state index contributed by atoms with van der Waals surface area (Å²) in [6.07, 6.45) is -4.03. The van der Waals surface area contributed by atoms with Crippen LogP contribution in [0.5, 0.6) is 0 Å². The number of halogens is 4. The Balaban J connectivity index is 2.43. The van der Waals surface area contributed by atoms with E-state index in [1.165, 1.54) is 7.05 Å². The van der Waals surface area contributed by atoms with Crippen LogP contribution in [-0.4, -0.2) is 19.2 Å². The predicted molar refractivity (Wildman–Crippen MR) is 77.2 cm³/mol. The zero-order valence-corrected chi connectivity index (χ0v) is 13.0. The number of aryl methyl sites for hydroxylation is 1. The molecule has 2 aromatic rings. The van der Waals surface area contributed by atoms with Gasteiger partial charge >= 0.3 is 6.18 Å². The first-order chi connectivity index (χ1) is 11.0. The second-order valence-corrected chi connectivity index (χ2v) is 6.68. The van der Waals surface area contributed by atoms with Gasteiger partial charge in [0.25, 0.3) is 0 Å². The van der Waals surface area contributed by atoms with Crippen LogP contribution in [-0.2, 0) is 17.1 Å². The number of benzene rings is 1. The molecule has 1 aromatic carbocycles. The minimum Gasteiger partial charge on any atom is -0.317 e. The van der Waals surface area contributed by atoms with Gasteiger partial charge in [-0.15, -0.1) is 0 Å². The molecule has 1 N–H and O–H groups in total. The maximum absolute atomic E-state index is 13.2. The van der Waals surface area contributed by atoms with E-state index < -0.39 is 44.1 Å². The van der Waals surface area contributed by atoms with Crippen LogP contribution in [0.2, 0.25) is 0 Å². The lowest BCUT2D eigenvalue weighted by Gasteiger charge is -2.22. The second kappa shape index (κ2) is 6.36. The highest BCUT2D eigenvalue weighted by atomic mass is 32.2. The smallest absolute Gasteiger partial charge is 0.317 e. The molecule has 24 heavy (non-hydrogen) atoms. The molecule has 0 aliphatic carbocycles. The average molecular weight is 364 g/mol. The van der Waals surface area contributed by atoms with Gasteiger partial charge in [-0.3, -0.25) is 4.79 Å². The molecular formula is C14H12F4N2O3S. The molecule has 0 fully saturated rings. The summed E-state index contributed by atoms with van der Waals surface area (Å²) in [7, 11) is -3.30. The third-order valence-corrected chi connectivity index (χ3v) is 4.58. The van der Waals surface area contributed by atoms with Crippen LogP contribution < -0.4 is 10.3 Å². The maximum atomic E-state index is 13.2. The average Bonchev–Trinajstić information content (AvgIpc) is 2.47. The van der Waals surface area contributed by atoms with Crippen LogP contribution in [0.25, 0.3) is 0 Å². The second-order valence-electron chi connectivity index (χ2n) is 4.96. The number of hydrogen-bond donors (Lipinski definition) is 1. The Morgan fingerprint density at radius 2 is 1.67 bits per heavy atom. The van der Waals surface area contributed by atoms with Gasteiger partial charge in [0.1, 0.15) is 11.9 Å². The summed E-state index contributed by atoms with van der Waals surface area (Å²) in [6, 6.07) is 2.56. The Morgan fingerprint density at radius 1 is 1.08 bits per heavy atom. The molecule has 1 atom stereocenters. The lowest BCUT2D eigenvalue weighted by Crippen LogP contribution is -2.38. The molecule has 0 spiro atoms. The van der Waals surface area contributed by atoms with Gasteiger partial charge < -0.3 is 4.57 Å². The highest BCUT2D eigenvalue weighted by molar-refractivity contribution is 7.89. The largest absolute Gasteiger partial charge is 0.408 e. The first-order valence-corrected chi connectivity index (χ1v) is 8.00. The van der Waals surface area contributed by atoms with Crippen molar-refractivity contribution in [1.29, 1.82) is 0 Å². The molecular weight excluding hydrogens is 352 g/mol. The Hall–Kier alpha value is -2.20. The molecule has 10 heteroatoms. The highest BCUT2D eigenvalue weighted by Crippen LogP contribution is 2.34. The standard InChI is InChI=1S/C14H12F4N2O3S/c1-20-8-11(6-7-12(20)21)24(22,23)19-13(14(16,17)18)9-2-4-10(15)5-3-9/h2-8,13,19H,1H3. The molecule has 2 rings (SSSR count). The molecule has 0 saturated heterocycles. The summed E-state index contributed by atoms with van der Waals surface area (Å²) >= 11 is 0. The molecule has 0 amide bonds. The normalized spacial score (nSPS) is 13.7. The fraction of sp³-hybridized carbons (Fsp3) is 0.214. The van der Waals surface area contributed by atoms with Gasteiger partial charge in [0.05, 0.1) is 4.90 Å². The van der Waals surface area contributed by atoms with Crippen LogP contribution in [0.4, 0.5) is 17.6 Å². The molecule has 0 radical (unpaired) electrons. The van der Waals surface area contributed by atoms with Crippen LogP contribution in [0, 0.1) is 5.82 Å². The van der Waals surface area contributed by atoms with Gasteiger partial charge in [-0.05, 0) is 23.8 Å². The van der Waals surface area contributed by atoms with E-state index in [0.717, 1.165) is 47.2 Å². The topological polar surface area (TPSA) is 68.2 Å². The SMILES string of the molecule is Cn1cc(S(=O)(=O)NC(c2ccc(F)cc2)C(F)(F)F)ccc1=O. The van der Waals surface area contributed by atoms with Crippen LogP contribution in [0.3, 0.4) is 0 Å². The number of alkyl halides is 3. The summed E-state index contributed by atoms with van der Waals surface area (Å²) in [5.41, 5.74) is -0.975. The minimum atomic E-state index is -4.94. The predicted octanol–water partition coefficient (Wildman–Crippen LogP) is 2.11.